The number of aromatic nitrogens is 1. The minimum Gasteiger partial charge on any atom is -0.477 e. The normalized spacial score (nSPS) is 10.2. The molecule has 0 bridgehead atoms. The van der Waals surface area contributed by atoms with E-state index in [4.69, 9.17) is 9.84 Å². The van der Waals surface area contributed by atoms with E-state index < -0.39 is 12.1 Å². The molecule has 1 heterocycles. The average Bonchev–Trinajstić information content (AvgIpc) is 2.38. The molecule has 0 atom stereocenters. The van der Waals surface area contributed by atoms with Crippen LogP contribution < -0.4 is 4.74 Å². The summed E-state index contributed by atoms with van der Waals surface area (Å²) in [6, 6.07) is 8.08. The lowest BCUT2D eigenvalue weighted by molar-refractivity contribution is 0.0691. The van der Waals surface area contributed by atoms with E-state index in [-0.39, 0.29) is 11.4 Å². The van der Waals surface area contributed by atoms with Crippen molar-refractivity contribution in [1.29, 1.82) is 0 Å². The second-order valence-corrected chi connectivity index (χ2v) is 4.09. The van der Waals surface area contributed by atoms with Crippen molar-refractivity contribution >= 4 is 23.0 Å². The molecule has 2 rings (SSSR count). The van der Waals surface area contributed by atoms with Crippen LogP contribution in [-0.2, 0) is 0 Å². The summed E-state index contributed by atoms with van der Waals surface area (Å²) >= 11 is 0. The Balaban J connectivity index is 2.51. The Bertz CT molecular complexity index is 652. The summed E-state index contributed by atoms with van der Waals surface area (Å²) in [4.78, 5) is 27.7. The van der Waals surface area contributed by atoms with E-state index in [9.17, 15) is 9.59 Å². The smallest absolute Gasteiger partial charge is 0.414 e. The van der Waals surface area contributed by atoms with Crippen LogP contribution in [0.2, 0.25) is 0 Å². The topological polar surface area (TPSA) is 79.7 Å². The molecular weight excluding hydrogens is 248 g/mol. The van der Waals surface area contributed by atoms with Crippen LogP contribution in [0.25, 0.3) is 10.9 Å². The molecule has 1 aromatic heterocycles. The molecule has 0 saturated carbocycles. The molecule has 0 unspecified atom stereocenters. The summed E-state index contributed by atoms with van der Waals surface area (Å²) in [5.74, 6) is -0.894. The third kappa shape index (κ3) is 2.62. The number of hydrogen-bond donors (Lipinski definition) is 1. The Kier molecular flexibility index (Phi) is 3.33. The van der Waals surface area contributed by atoms with Crippen LogP contribution >= 0.6 is 0 Å². The Hall–Kier alpha value is -2.63. The molecule has 0 aliphatic carbocycles. The number of ether oxygens (including phenoxy) is 1. The van der Waals surface area contributed by atoms with Crippen molar-refractivity contribution in [3.05, 3.63) is 36.0 Å². The van der Waals surface area contributed by atoms with Crippen LogP contribution in [0.3, 0.4) is 0 Å². The maximum Gasteiger partial charge on any atom is 0.414 e. The van der Waals surface area contributed by atoms with Crippen LogP contribution in [0, 0.1) is 0 Å². The number of amides is 1. The highest BCUT2D eigenvalue weighted by molar-refractivity contribution is 5.92. The first kappa shape index (κ1) is 12.8. The van der Waals surface area contributed by atoms with Gasteiger partial charge in [0.15, 0.2) is 5.75 Å². The molecule has 0 saturated heterocycles. The van der Waals surface area contributed by atoms with Gasteiger partial charge in [0.05, 0.1) is 0 Å². The number of pyridine rings is 1. The van der Waals surface area contributed by atoms with Gasteiger partial charge in [-0.15, -0.1) is 0 Å². The molecule has 1 N–H and O–H groups in total. The lowest BCUT2D eigenvalue weighted by Gasteiger charge is -2.12. The fourth-order valence-electron chi connectivity index (χ4n) is 1.51. The van der Waals surface area contributed by atoms with Gasteiger partial charge in [-0.3, -0.25) is 0 Å². The van der Waals surface area contributed by atoms with E-state index in [0.717, 1.165) is 0 Å². The molecule has 1 aromatic carbocycles. The zero-order valence-corrected chi connectivity index (χ0v) is 10.5. The second-order valence-electron chi connectivity index (χ2n) is 4.09. The largest absolute Gasteiger partial charge is 0.477 e. The minimum atomic E-state index is -1.13. The number of carboxylic acids is 1. The first-order chi connectivity index (χ1) is 8.99. The van der Waals surface area contributed by atoms with Crippen molar-refractivity contribution < 1.29 is 19.4 Å². The van der Waals surface area contributed by atoms with Crippen molar-refractivity contribution in [2.45, 2.75) is 0 Å². The quantitative estimate of drug-likeness (QED) is 0.893. The maximum absolute atomic E-state index is 11.5. The number of nitrogens with zero attached hydrogens (tertiary/aromatic N) is 2. The van der Waals surface area contributed by atoms with Gasteiger partial charge in [0.1, 0.15) is 11.2 Å². The van der Waals surface area contributed by atoms with Crippen molar-refractivity contribution in [2.75, 3.05) is 14.1 Å². The fourth-order valence-corrected chi connectivity index (χ4v) is 1.51. The van der Waals surface area contributed by atoms with Gasteiger partial charge in [0, 0.05) is 19.5 Å². The maximum atomic E-state index is 11.5. The highest BCUT2D eigenvalue weighted by atomic mass is 16.6. The number of carbonyl (C=O) groups excluding carboxylic acids is 1. The number of hydrogen-bond acceptors (Lipinski definition) is 4. The third-order valence-electron chi connectivity index (χ3n) is 2.46. The zero-order valence-electron chi connectivity index (χ0n) is 10.5. The number of fused-ring (bicyclic) bond motifs is 1. The summed E-state index contributed by atoms with van der Waals surface area (Å²) in [5, 5.41) is 9.63. The van der Waals surface area contributed by atoms with Gasteiger partial charge in [-0.2, -0.15) is 0 Å². The van der Waals surface area contributed by atoms with E-state index in [1.165, 1.54) is 11.0 Å². The van der Waals surface area contributed by atoms with Gasteiger partial charge < -0.3 is 14.7 Å². The number of rotatable bonds is 2. The molecule has 98 valence electrons. The van der Waals surface area contributed by atoms with E-state index in [2.05, 4.69) is 4.98 Å². The van der Waals surface area contributed by atoms with Gasteiger partial charge in [-0.1, -0.05) is 18.2 Å². The number of aromatic carboxylic acids is 1. The van der Waals surface area contributed by atoms with Crippen LogP contribution in [0.4, 0.5) is 4.79 Å². The summed E-state index contributed by atoms with van der Waals surface area (Å²) < 4.78 is 5.16. The van der Waals surface area contributed by atoms with Gasteiger partial charge in [0.25, 0.3) is 0 Å². The summed E-state index contributed by atoms with van der Waals surface area (Å²) in [6.07, 6.45) is -0.546. The monoisotopic (exact) mass is 260 g/mol. The highest BCUT2D eigenvalue weighted by Crippen LogP contribution is 2.24. The van der Waals surface area contributed by atoms with Crippen LogP contribution in [0.1, 0.15) is 10.5 Å². The number of carboxylic acid groups (broad SMARTS) is 1. The van der Waals surface area contributed by atoms with Crippen molar-refractivity contribution in [3.63, 3.8) is 0 Å². The first-order valence-corrected chi connectivity index (χ1v) is 5.51. The minimum absolute atomic E-state index is 0.0964. The fraction of sp³-hybridized carbons (Fsp3) is 0.154. The van der Waals surface area contributed by atoms with Crippen molar-refractivity contribution in [3.8, 4) is 5.75 Å². The number of para-hydroxylation sites is 1. The number of carbonyl (C=O) groups is 2. The summed E-state index contributed by atoms with van der Waals surface area (Å²) in [5.41, 5.74) is 0.249. The van der Waals surface area contributed by atoms with Crippen LogP contribution in [0.5, 0.6) is 5.75 Å². The molecule has 19 heavy (non-hydrogen) atoms. The van der Waals surface area contributed by atoms with Gasteiger partial charge in [-0.05, 0) is 12.1 Å². The Morgan fingerprint density at radius 1 is 1.21 bits per heavy atom. The Morgan fingerprint density at radius 2 is 1.95 bits per heavy atom. The van der Waals surface area contributed by atoms with E-state index in [0.29, 0.717) is 10.9 Å². The van der Waals surface area contributed by atoms with Gasteiger partial charge in [0.2, 0.25) is 0 Å². The van der Waals surface area contributed by atoms with Crippen LogP contribution in [-0.4, -0.2) is 41.1 Å². The van der Waals surface area contributed by atoms with Gasteiger partial charge in [-0.25, -0.2) is 14.6 Å². The Labute approximate surface area is 109 Å². The first-order valence-electron chi connectivity index (χ1n) is 5.51. The number of benzene rings is 1. The molecular formula is C13H12N2O4. The SMILES string of the molecule is CN(C)C(=O)Oc1cccc2ccc(C(=O)O)nc12. The van der Waals surface area contributed by atoms with Gasteiger partial charge >= 0.3 is 12.1 Å². The standard InChI is InChI=1S/C13H12N2O4/c1-15(2)13(18)19-10-5-3-4-8-6-7-9(12(16)17)14-11(8)10/h3-7H,1-2H3,(H,16,17). The molecule has 0 aliphatic heterocycles. The van der Waals surface area contributed by atoms with E-state index in [1.807, 2.05) is 0 Å². The molecule has 0 fully saturated rings. The van der Waals surface area contributed by atoms with Crippen molar-refractivity contribution in [1.82, 2.24) is 9.88 Å². The summed E-state index contributed by atoms with van der Waals surface area (Å²) in [7, 11) is 3.12. The third-order valence-corrected chi connectivity index (χ3v) is 2.46. The van der Waals surface area contributed by atoms with E-state index in [1.54, 1.807) is 38.4 Å². The Morgan fingerprint density at radius 3 is 2.58 bits per heavy atom. The molecule has 0 spiro atoms. The lowest BCUT2D eigenvalue weighted by atomic mass is 10.2. The highest BCUT2D eigenvalue weighted by Gasteiger charge is 2.13. The lowest BCUT2D eigenvalue weighted by Crippen LogP contribution is -2.25. The summed E-state index contributed by atoms with van der Waals surface area (Å²) in [6.45, 7) is 0. The zero-order chi connectivity index (χ0) is 14.0. The average molecular weight is 260 g/mol. The predicted octanol–water partition coefficient (Wildman–Crippen LogP) is 1.99. The molecule has 2 aromatic rings. The molecule has 0 aliphatic rings. The van der Waals surface area contributed by atoms with E-state index >= 15 is 0 Å². The second kappa shape index (κ2) is 4.93. The molecule has 1 amide bonds. The molecule has 6 heteroatoms. The molecule has 0 radical (unpaired) electrons. The van der Waals surface area contributed by atoms with Crippen molar-refractivity contribution in [2.24, 2.45) is 0 Å². The molecule has 6 nitrogen and oxygen atoms in total. The van der Waals surface area contributed by atoms with Crippen LogP contribution in [0.15, 0.2) is 30.3 Å². The predicted molar refractivity (Wildman–Crippen MR) is 68.4 cm³/mol.